The molecule has 0 spiro atoms. The molecule has 0 aromatic heterocycles. The average molecular weight is 835 g/mol. The zero-order chi connectivity index (χ0) is 46.5. The normalized spacial score (nSPS) is 14.8. The Labute approximate surface area is 373 Å². The fraction of sp³-hybridized carbons (Fsp3) is 0.393. The molecule has 328 valence electrons. The zero-order valence-electron chi connectivity index (χ0n) is 39.0. The van der Waals surface area contributed by atoms with Gasteiger partial charge in [-0.3, -0.25) is 19.2 Å². The molecule has 0 saturated carbocycles. The van der Waals surface area contributed by atoms with E-state index in [1.165, 1.54) is 0 Å². The van der Waals surface area contributed by atoms with Crippen molar-refractivity contribution in [1.29, 1.82) is 10.5 Å². The second kappa shape index (κ2) is 31.0. The van der Waals surface area contributed by atoms with Gasteiger partial charge in [0.1, 0.15) is 0 Å². The summed E-state index contributed by atoms with van der Waals surface area (Å²) in [6.45, 7) is 19.8. The highest BCUT2D eigenvalue weighted by Crippen LogP contribution is 2.39. The summed E-state index contributed by atoms with van der Waals surface area (Å²) in [6.07, 6.45) is 4.42. The van der Waals surface area contributed by atoms with Crippen LogP contribution in [-0.4, -0.2) is 23.1 Å². The standard InChI is InChI=1S/2C24H23NO2.4C2H6/c2*1-17-9-8-14-22(26)24(17)23(27)15-20(18-10-4-2-5-11-18)21(16-25)19-12-6-3-7-13-19;4*1-2/h2*2-7,10-13,20-21H,8-9,14-15H2,1H3;4*1-2H3/t2*20-,21-;;;;/m10..../s1. The van der Waals surface area contributed by atoms with Crippen LogP contribution < -0.4 is 0 Å². The van der Waals surface area contributed by atoms with E-state index >= 15 is 0 Å². The number of nitriles is 2. The maximum absolute atomic E-state index is 13.1. The van der Waals surface area contributed by atoms with Gasteiger partial charge in [-0.2, -0.15) is 10.5 Å². The second-order valence-electron chi connectivity index (χ2n) is 14.2. The highest BCUT2D eigenvalue weighted by molar-refractivity contribution is 6.22. The molecule has 2 aliphatic rings. The van der Waals surface area contributed by atoms with E-state index in [2.05, 4.69) is 12.1 Å². The van der Waals surface area contributed by atoms with Crippen LogP contribution in [0.1, 0.15) is 167 Å². The molecule has 0 heterocycles. The topological polar surface area (TPSA) is 116 Å². The SMILES string of the molecule is CC.CC.CC.CC.CC1=C(C(=O)C[C@@H](c2ccccc2)[C@@H](C#N)c2ccccc2)C(=O)CCC1.CC1=C(C(=O)C[C@H](c2ccccc2)[C@H](C#N)c2ccccc2)C(=O)CCC1. The molecule has 2 aliphatic carbocycles. The van der Waals surface area contributed by atoms with Gasteiger partial charge in [-0.25, -0.2) is 0 Å². The number of hydrogen-bond donors (Lipinski definition) is 0. The first-order valence-electron chi connectivity index (χ1n) is 22.7. The van der Waals surface area contributed by atoms with Crippen LogP contribution in [-0.2, 0) is 19.2 Å². The van der Waals surface area contributed by atoms with Crippen LogP contribution in [0.2, 0.25) is 0 Å². The van der Waals surface area contributed by atoms with Crippen molar-refractivity contribution in [1.82, 2.24) is 0 Å². The molecule has 6 rings (SSSR count). The molecule has 4 aromatic rings. The lowest BCUT2D eigenvalue weighted by Crippen LogP contribution is -2.22. The molecule has 0 amide bonds. The molecule has 0 N–H and O–H groups in total. The van der Waals surface area contributed by atoms with Crippen molar-refractivity contribution in [2.45, 2.75) is 144 Å². The molecular formula is C56H70N2O4. The summed E-state index contributed by atoms with van der Waals surface area (Å²) < 4.78 is 0. The lowest BCUT2D eigenvalue weighted by molar-refractivity contribution is -0.123. The van der Waals surface area contributed by atoms with Crippen molar-refractivity contribution in [3.8, 4) is 12.1 Å². The van der Waals surface area contributed by atoms with Gasteiger partial charge in [0.25, 0.3) is 0 Å². The number of allylic oxidation sites excluding steroid dienone is 4. The first kappa shape index (κ1) is 54.0. The second-order valence-corrected chi connectivity index (χ2v) is 14.2. The van der Waals surface area contributed by atoms with Crippen LogP contribution in [0.25, 0.3) is 0 Å². The number of nitrogens with zero attached hydrogens (tertiary/aromatic N) is 2. The van der Waals surface area contributed by atoms with E-state index < -0.39 is 11.8 Å². The molecule has 0 fully saturated rings. The molecule has 0 unspecified atom stereocenters. The molecule has 4 aromatic carbocycles. The van der Waals surface area contributed by atoms with Gasteiger partial charge in [0.2, 0.25) is 0 Å². The predicted molar refractivity (Wildman–Crippen MR) is 256 cm³/mol. The van der Waals surface area contributed by atoms with Crippen LogP contribution in [0.5, 0.6) is 0 Å². The Morgan fingerprint density at radius 1 is 0.452 bits per heavy atom. The minimum absolute atomic E-state index is 0.0521. The lowest BCUT2D eigenvalue weighted by Gasteiger charge is -2.24. The first-order valence-corrected chi connectivity index (χ1v) is 22.7. The van der Waals surface area contributed by atoms with E-state index in [0.29, 0.717) is 24.0 Å². The van der Waals surface area contributed by atoms with Gasteiger partial charge >= 0.3 is 0 Å². The summed E-state index contributed by atoms with van der Waals surface area (Å²) in [5.41, 5.74) is 6.18. The predicted octanol–water partition coefficient (Wildman–Crippen LogP) is 14.3. The van der Waals surface area contributed by atoms with E-state index in [1.54, 1.807) is 0 Å². The van der Waals surface area contributed by atoms with Crippen molar-refractivity contribution in [3.63, 3.8) is 0 Å². The number of carbonyl (C=O) groups excluding carboxylic acids is 4. The van der Waals surface area contributed by atoms with E-state index in [4.69, 9.17) is 0 Å². The molecule has 0 radical (unpaired) electrons. The molecule has 0 saturated heterocycles. The first-order chi connectivity index (χ1) is 30.2. The van der Waals surface area contributed by atoms with Gasteiger partial charge in [0, 0.05) is 37.5 Å². The number of carbonyl (C=O) groups is 4. The van der Waals surface area contributed by atoms with Crippen molar-refractivity contribution in [3.05, 3.63) is 166 Å². The van der Waals surface area contributed by atoms with E-state index in [9.17, 15) is 29.7 Å². The van der Waals surface area contributed by atoms with E-state index in [-0.39, 0.29) is 47.8 Å². The highest BCUT2D eigenvalue weighted by Gasteiger charge is 2.33. The van der Waals surface area contributed by atoms with Crippen molar-refractivity contribution in [2.75, 3.05) is 0 Å². The van der Waals surface area contributed by atoms with Gasteiger partial charge in [-0.1, -0.05) is 188 Å². The van der Waals surface area contributed by atoms with Crippen LogP contribution in [0.4, 0.5) is 0 Å². The van der Waals surface area contributed by atoms with Crippen molar-refractivity contribution in [2.24, 2.45) is 0 Å². The number of Topliss-reactive ketones (excluding diaryl/α,β-unsaturated/α-hetero) is 4. The molecule has 4 atom stereocenters. The summed E-state index contributed by atoms with van der Waals surface area (Å²) >= 11 is 0. The highest BCUT2D eigenvalue weighted by atomic mass is 16.2. The van der Waals surface area contributed by atoms with Gasteiger partial charge in [0.15, 0.2) is 23.1 Å². The summed E-state index contributed by atoms with van der Waals surface area (Å²) in [6, 6.07) is 43.2. The third kappa shape index (κ3) is 15.8. The van der Waals surface area contributed by atoms with E-state index in [0.717, 1.165) is 59.1 Å². The summed E-state index contributed by atoms with van der Waals surface area (Å²) in [5.74, 6) is -1.85. The fourth-order valence-corrected chi connectivity index (χ4v) is 7.77. The van der Waals surface area contributed by atoms with Gasteiger partial charge < -0.3 is 0 Å². The zero-order valence-corrected chi connectivity index (χ0v) is 39.0. The molecule has 0 aliphatic heterocycles. The minimum atomic E-state index is -0.447. The smallest absolute Gasteiger partial charge is 0.167 e. The summed E-state index contributed by atoms with van der Waals surface area (Å²) in [7, 11) is 0. The Morgan fingerprint density at radius 2 is 0.710 bits per heavy atom. The number of ketones is 4. The van der Waals surface area contributed by atoms with Crippen molar-refractivity contribution >= 4 is 23.1 Å². The fourth-order valence-electron chi connectivity index (χ4n) is 7.77. The van der Waals surface area contributed by atoms with Gasteiger partial charge in [-0.15, -0.1) is 0 Å². The van der Waals surface area contributed by atoms with Crippen molar-refractivity contribution < 1.29 is 19.2 Å². The Morgan fingerprint density at radius 3 is 0.952 bits per heavy atom. The summed E-state index contributed by atoms with van der Waals surface area (Å²) in [4.78, 5) is 50.8. The number of benzene rings is 4. The third-order valence-corrected chi connectivity index (χ3v) is 10.5. The van der Waals surface area contributed by atoms with Gasteiger partial charge in [0.05, 0.1) is 35.1 Å². The van der Waals surface area contributed by atoms with Crippen LogP contribution in [0.3, 0.4) is 0 Å². The Bertz CT molecular complexity index is 1940. The van der Waals surface area contributed by atoms with E-state index in [1.807, 2.05) is 191 Å². The molecule has 62 heavy (non-hydrogen) atoms. The minimum Gasteiger partial charge on any atom is -0.294 e. The van der Waals surface area contributed by atoms with Crippen LogP contribution >= 0.6 is 0 Å². The molecule has 6 heteroatoms. The average Bonchev–Trinajstić information content (AvgIpc) is 3.33. The molecular weight excluding hydrogens is 765 g/mol. The number of rotatable bonds is 12. The molecule has 0 bridgehead atoms. The Kier molecular flexibility index (Phi) is 27.0. The Hall–Kier alpha value is -5.98. The monoisotopic (exact) mass is 835 g/mol. The summed E-state index contributed by atoms with van der Waals surface area (Å²) in [5, 5.41) is 19.8. The maximum Gasteiger partial charge on any atom is 0.167 e. The number of hydrogen-bond acceptors (Lipinski definition) is 6. The maximum atomic E-state index is 13.1. The Balaban J connectivity index is 0.000000534. The lowest BCUT2D eigenvalue weighted by atomic mass is 9.77. The van der Waals surface area contributed by atoms with Gasteiger partial charge in [-0.05, 0) is 61.8 Å². The van der Waals surface area contributed by atoms with Crippen LogP contribution in [0, 0.1) is 22.7 Å². The molecule has 6 nitrogen and oxygen atoms in total. The van der Waals surface area contributed by atoms with Crippen LogP contribution in [0.15, 0.2) is 144 Å². The quantitative estimate of drug-likeness (QED) is 0.131. The third-order valence-electron chi connectivity index (χ3n) is 10.5. The largest absolute Gasteiger partial charge is 0.294 e.